The van der Waals surface area contributed by atoms with E-state index < -0.39 is 39.1 Å². The second-order valence-corrected chi connectivity index (χ2v) is 8.08. The minimum Gasteiger partial charge on any atom is -0.790 e. The van der Waals surface area contributed by atoms with Crippen molar-refractivity contribution in [1.82, 2.24) is 0 Å². The summed E-state index contributed by atoms with van der Waals surface area (Å²) in [6, 6.07) is 0. The first-order chi connectivity index (χ1) is 15.8. The Morgan fingerprint density at radius 2 is 1.40 bits per heavy atom. The van der Waals surface area contributed by atoms with Gasteiger partial charge < -0.3 is 28.3 Å². The van der Waals surface area contributed by atoms with Crippen molar-refractivity contribution in [2.24, 2.45) is 0 Å². The van der Waals surface area contributed by atoms with E-state index in [2.05, 4.69) is 41.0 Å². The van der Waals surface area contributed by atoms with Crippen molar-refractivity contribution < 1.29 is 97.1 Å². The fourth-order valence-electron chi connectivity index (χ4n) is 2.53. The van der Waals surface area contributed by atoms with Crippen molar-refractivity contribution in [3.63, 3.8) is 0 Å². The minimum atomic E-state index is -5.29. The number of hydrogen-bond donors (Lipinski definition) is 0. The summed E-state index contributed by atoms with van der Waals surface area (Å²) in [4.78, 5) is 45.0. The van der Waals surface area contributed by atoms with Crippen molar-refractivity contribution in [2.45, 2.75) is 77.2 Å². The van der Waals surface area contributed by atoms with Gasteiger partial charge in [0.2, 0.25) is 0 Å². The number of hydrogen-bond acceptors (Lipinski definition) is 8. The van der Waals surface area contributed by atoms with Gasteiger partial charge in [0.25, 0.3) is 0 Å². The molecule has 1 atom stereocenters. The van der Waals surface area contributed by atoms with Crippen LogP contribution in [0.5, 0.6) is 0 Å². The van der Waals surface area contributed by atoms with E-state index in [0.29, 0.717) is 6.42 Å². The molecule has 0 aliphatic carbocycles. The van der Waals surface area contributed by atoms with Gasteiger partial charge in [-0.25, -0.2) is 4.79 Å². The quantitative estimate of drug-likeness (QED) is 0.0500. The number of phosphoric ester groups is 1. The smallest absolute Gasteiger partial charge is 0.790 e. The molecule has 0 bridgehead atoms. The summed E-state index contributed by atoms with van der Waals surface area (Å²) >= 11 is 0. The third-order valence-electron chi connectivity index (χ3n) is 4.09. The summed E-state index contributed by atoms with van der Waals surface area (Å²) in [7, 11) is -5.29. The van der Waals surface area contributed by atoms with E-state index in [1.165, 1.54) is 32.1 Å². The predicted octanol–water partition coefficient (Wildman–Crippen LogP) is -4.14. The monoisotopic (exact) mass is 522 g/mol. The molecule has 0 rings (SSSR count). The molecule has 0 aliphatic rings. The number of esters is 2. The van der Waals surface area contributed by atoms with E-state index in [9.17, 15) is 23.9 Å². The standard InChI is InChI=1S/C24H31O8P.2Na/c1-3-5-7-9-11-12-13-15-17-19-24(26)32-22(21-31-33(27,28)29)20-30-23(25)18-16-14-10-8-6-4-2;;/h2,22H,3,5,7,9,11-13,15,17,19-21H2,1H3,(H2,27,28,29);;/q;2*+1/p-2/t22-;;/m0../s1. The van der Waals surface area contributed by atoms with Crippen molar-refractivity contribution in [3.05, 3.63) is 0 Å². The van der Waals surface area contributed by atoms with Gasteiger partial charge in [0, 0.05) is 12.3 Å². The molecule has 0 aromatic heterocycles. The van der Waals surface area contributed by atoms with Gasteiger partial charge in [0.05, 0.1) is 14.4 Å². The van der Waals surface area contributed by atoms with E-state index in [1.54, 1.807) is 0 Å². The zero-order valence-electron chi connectivity index (χ0n) is 20.9. The van der Waals surface area contributed by atoms with Gasteiger partial charge in [-0.05, 0) is 41.9 Å². The van der Waals surface area contributed by atoms with E-state index in [1.807, 2.05) is 11.8 Å². The number of carbonyl (C=O) groups excluding carboxylic acids is 2. The molecular formula is C24H29Na2O8P. The number of phosphoric acid groups is 1. The number of carbonyl (C=O) groups is 2. The van der Waals surface area contributed by atoms with Gasteiger partial charge in [-0.3, -0.25) is 4.79 Å². The molecule has 0 saturated heterocycles. The normalized spacial score (nSPS) is 10.1. The summed E-state index contributed by atoms with van der Waals surface area (Å²) in [5.41, 5.74) is 0. The van der Waals surface area contributed by atoms with Crippen molar-refractivity contribution in [1.29, 1.82) is 0 Å². The van der Waals surface area contributed by atoms with Crippen LogP contribution in [-0.4, -0.2) is 31.3 Å². The summed E-state index contributed by atoms with van der Waals surface area (Å²) < 4.78 is 24.7. The second kappa shape index (κ2) is 26.4. The molecule has 0 aromatic rings. The third kappa shape index (κ3) is 29.4. The van der Waals surface area contributed by atoms with Crippen LogP contribution in [-0.2, 0) is 28.2 Å². The Labute approximate surface area is 253 Å². The van der Waals surface area contributed by atoms with Crippen molar-refractivity contribution in [3.8, 4) is 47.9 Å². The van der Waals surface area contributed by atoms with Crippen LogP contribution in [0.2, 0.25) is 0 Å². The van der Waals surface area contributed by atoms with Crippen LogP contribution >= 0.6 is 7.82 Å². The SMILES string of the molecule is C#CC#CC#CC#CC(=O)OC[C@@H](COP(=O)([O-])[O-])OC(=O)CCCCCCCCCCC.[Na+].[Na+]. The van der Waals surface area contributed by atoms with E-state index in [4.69, 9.17) is 15.9 Å². The van der Waals surface area contributed by atoms with Gasteiger partial charge in [-0.2, -0.15) is 0 Å². The molecule has 0 spiro atoms. The maximum absolute atomic E-state index is 12.0. The van der Waals surface area contributed by atoms with E-state index in [-0.39, 0.29) is 65.5 Å². The molecule has 11 heteroatoms. The fourth-order valence-corrected chi connectivity index (χ4v) is 2.88. The molecule has 180 valence electrons. The Kier molecular flexibility index (Phi) is 29.2. The number of ether oxygens (including phenoxy) is 2. The van der Waals surface area contributed by atoms with Crippen LogP contribution < -0.4 is 68.9 Å². The predicted molar refractivity (Wildman–Crippen MR) is 118 cm³/mol. The van der Waals surface area contributed by atoms with Gasteiger partial charge in [-0.1, -0.05) is 58.3 Å². The fraction of sp³-hybridized carbons (Fsp3) is 0.583. The Morgan fingerprint density at radius 3 is 1.97 bits per heavy atom. The maximum Gasteiger partial charge on any atom is 1.00 e. The van der Waals surface area contributed by atoms with Gasteiger partial charge >= 0.3 is 71.1 Å². The van der Waals surface area contributed by atoms with Crippen LogP contribution in [0.1, 0.15) is 71.1 Å². The van der Waals surface area contributed by atoms with Gasteiger partial charge in [0.1, 0.15) is 6.61 Å². The summed E-state index contributed by atoms with van der Waals surface area (Å²) in [6.07, 6.45) is 13.4. The third-order valence-corrected chi connectivity index (χ3v) is 4.55. The maximum atomic E-state index is 12.0. The van der Waals surface area contributed by atoms with Crippen molar-refractivity contribution in [2.75, 3.05) is 13.2 Å². The van der Waals surface area contributed by atoms with E-state index in [0.717, 1.165) is 19.3 Å². The van der Waals surface area contributed by atoms with Crippen LogP contribution in [0.25, 0.3) is 0 Å². The zero-order valence-corrected chi connectivity index (χ0v) is 25.7. The molecule has 0 amide bonds. The summed E-state index contributed by atoms with van der Waals surface area (Å²) in [6.45, 7) is 0.863. The average molecular weight is 522 g/mol. The minimum absolute atomic E-state index is 0. The van der Waals surface area contributed by atoms with Crippen molar-refractivity contribution >= 4 is 19.8 Å². The topological polar surface area (TPSA) is 125 Å². The first-order valence-electron chi connectivity index (χ1n) is 10.8. The number of unbranched alkanes of at least 4 members (excludes halogenated alkanes) is 8. The molecule has 0 unspecified atom stereocenters. The number of terminal acetylenes is 1. The average Bonchev–Trinajstić information content (AvgIpc) is 2.76. The molecule has 0 fully saturated rings. The van der Waals surface area contributed by atoms with Gasteiger partial charge in [0.15, 0.2) is 6.10 Å². The molecule has 0 radical (unpaired) electrons. The van der Waals surface area contributed by atoms with E-state index >= 15 is 0 Å². The Bertz CT molecular complexity index is 875. The molecule has 0 heterocycles. The summed E-state index contributed by atoms with van der Waals surface area (Å²) in [5.74, 6) is 13.7. The first-order valence-corrected chi connectivity index (χ1v) is 12.2. The van der Waals surface area contributed by atoms with Crippen LogP contribution in [0, 0.1) is 47.9 Å². The van der Waals surface area contributed by atoms with Crippen LogP contribution in [0.4, 0.5) is 0 Å². The molecule has 0 N–H and O–H groups in total. The van der Waals surface area contributed by atoms with Crippen LogP contribution in [0.15, 0.2) is 0 Å². The van der Waals surface area contributed by atoms with Crippen LogP contribution in [0.3, 0.4) is 0 Å². The zero-order chi connectivity index (χ0) is 24.8. The number of rotatable bonds is 16. The summed E-state index contributed by atoms with van der Waals surface area (Å²) in [5, 5.41) is 0. The second-order valence-electron chi connectivity index (χ2n) is 6.93. The Hall–Kier alpha value is -0.710. The molecule has 35 heavy (non-hydrogen) atoms. The largest absolute Gasteiger partial charge is 1.00 e. The Balaban J connectivity index is -0.00000512. The molecule has 0 saturated carbocycles. The molecular weight excluding hydrogens is 493 g/mol. The molecule has 0 aromatic carbocycles. The van der Waals surface area contributed by atoms with Gasteiger partial charge in [-0.15, -0.1) is 6.42 Å². The first kappa shape index (κ1) is 38.8. The Morgan fingerprint density at radius 1 is 0.857 bits per heavy atom. The molecule has 0 aliphatic heterocycles. The molecule has 8 nitrogen and oxygen atoms in total.